The highest BCUT2D eigenvalue weighted by molar-refractivity contribution is 6.02. The zero-order valence-electron chi connectivity index (χ0n) is 16.7. The van der Waals surface area contributed by atoms with Gasteiger partial charge in [0.1, 0.15) is 6.10 Å². The topological polar surface area (TPSA) is 125 Å². The molecule has 2 atom stereocenters. The van der Waals surface area contributed by atoms with Crippen molar-refractivity contribution in [3.8, 4) is 5.75 Å². The van der Waals surface area contributed by atoms with Crippen LogP contribution in [0.4, 0.5) is 9.18 Å². The number of phenolic OH excluding ortho intramolecular Hbond substituents is 1. The smallest absolute Gasteiger partial charge is 0.414 e. The van der Waals surface area contributed by atoms with Crippen LogP contribution >= 0.6 is 0 Å². The highest BCUT2D eigenvalue weighted by atomic mass is 19.1. The van der Waals surface area contributed by atoms with Gasteiger partial charge in [-0.25, -0.2) is 14.7 Å². The quantitative estimate of drug-likeness (QED) is 0.288. The van der Waals surface area contributed by atoms with Crippen LogP contribution in [-0.4, -0.2) is 28.2 Å². The summed E-state index contributed by atoms with van der Waals surface area (Å²) < 4.78 is 19.3. The summed E-state index contributed by atoms with van der Waals surface area (Å²) in [5.74, 6) is -3.09. The second kappa shape index (κ2) is 11.5. The molecule has 0 heterocycles. The van der Waals surface area contributed by atoms with E-state index >= 15 is 0 Å². The van der Waals surface area contributed by atoms with Crippen molar-refractivity contribution in [3.63, 3.8) is 0 Å². The SMILES string of the molecule is C[C@H](CC/C=C/C(=O)NO)[C@H](OC(=O)NC(=O)c1ccccc1)c1ccc(O)c(F)c1. The first-order valence-corrected chi connectivity index (χ1v) is 9.47. The maximum Gasteiger partial charge on any atom is 0.414 e. The molecule has 0 unspecified atom stereocenters. The first kappa shape index (κ1) is 23.6. The first-order valence-electron chi connectivity index (χ1n) is 9.47. The number of benzene rings is 2. The van der Waals surface area contributed by atoms with Crippen molar-refractivity contribution in [3.05, 3.63) is 77.6 Å². The van der Waals surface area contributed by atoms with Crippen LogP contribution in [0.3, 0.4) is 0 Å². The lowest BCUT2D eigenvalue weighted by atomic mass is 9.93. The van der Waals surface area contributed by atoms with Gasteiger partial charge in [-0.05, 0) is 48.6 Å². The number of imide groups is 1. The van der Waals surface area contributed by atoms with Gasteiger partial charge in [0, 0.05) is 11.6 Å². The average molecular weight is 430 g/mol. The molecule has 0 fully saturated rings. The van der Waals surface area contributed by atoms with Gasteiger partial charge in [-0.1, -0.05) is 37.3 Å². The van der Waals surface area contributed by atoms with Crippen molar-refractivity contribution in [2.75, 3.05) is 0 Å². The molecule has 9 heteroatoms. The molecule has 0 bridgehead atoms. The minimum atomic E-state index is -1.01. The minimum Gasteiger partial charge on any atom is -0.505 e. The average Bonchev–Trinajstić information content (AvgIpc) is 2.77. The van der Waals surface area contributed by atoms with Gasteiger partial charge in [-0.15, -0.1) is 0 Å². The summed E-state index contributed by atoms with van der Waals surface area (Å²) in [7, 11) is 0. The van der Waals surface area contributed by atoms with Crippen molar-refractivity contribution in [2.45, 2.75) is 25.9 Å². The Kier molecular flexibility index (Phi) is 8.71. The molecule has 0 saturated carbocycles. The van der Waals surface area contributed by atoms with E-state index in [1.165, 1.54) is 29.8 Å². The lowest BCUT2D eigenvalue weighted by Crippen LogP contribution is -2.33. The molecule has 164 valence electrons. The van der Waals surface area contributed by atoms with Crippen LogP contribution in [-0.2, 0) is 9.53 Å². The number of nitrogens with one attached hydrogen (secondary N) is 2. The molecule has 0 spiro atoms. The second-order valence-electron chi connectivity index (χ2n) is 6.79. The number of amides is 3. The number of phenols is 1. The Balaban J connectivity index is 2.12. The number of alkyl carbamates (subject to hydrolysis) is 1. The Morgan fingerprint density at radius 3 is 2.52 bits per heavy atom. The molecule has 2 aromatic rings. The Morgan fingerprint density at radius 2 is 1.87 bits per heavy atom. The number of carbonyl (C=O) groups is 3. The standard InChI is InChI=1S/C22H23FN2O6/c1-14(7-5-6-10-19(27)25-30)20(16-11-12-18(26)17(23)13-16)31-22(29)24-21(28)15-8-3-2-4-9-15/h2-4,6,8-14,20,26,30H,5,7H2,1H3,(H,25,27)(H,24,28,29)/b10-6+/t14-,20+/m1/s1. The maximum absolute atomic E-state index is 13.9. The maximum atomic E-state index is 13.9. The summed E-state index contributed by atoms with van der Waals surface area (Å²) >= 11 is 0. The van der Waals surface area contributed by atoms with E-state index in [9.17, 15) is 23.9 Å². The molecule has 0 aliphatic heterocycles. The molecule has 8 nitrogen and oxygen atoms in total. The molecule has 0 saturated heterocycles. The first-order chi connectivity index (χ1) is 14.8. The van der Waals surface area contributed by atoms with E-state index in [-0.39, 0.29) is 11.5 Å². The van der Waals surface area contributed by atoms with Crippen molar-refractivity contribution >= 4 is 17.9 Å². The number of hydrogen-bond donors (Lipinski definition) is 4. The van der Waals surface area contributed by atoms with Gasteiger partial charge in [0.25, 0.3) is 11.8 Å². The van der Waals surface area contributed by atoms with Gasteiger partial charge in [0.2, 0.25) is 0 Å². The number of ether oxygens (including phenoxy) is 1. The summed E-state index contributed by atoms with van der Waals surface area (Å²) in [5, 5.41) is 20.0. The third-order valence-electron chi connectivity index (χ3n) is 4.47. The number of aromatic hydroxyl groups is 1. The van der Waals surface area contributed by atoms with Crippen LogP contribution in [0, 0.1) is 11.7 Å². The van der Waals surface area contributed by atoms with E-state index < -0.39 is 35.6 Å². The molecule has 0 aromatic heterocycles. The van der Waals surface area contributed by atoms with Gasteiger partial charge in [-0.2, -0.15) is 0 Å². The molecule has 2 rings (SSSR count). The van der Waals surface area contributed by atoms with Crippen LogP contribution in [0.25, 0.3) is 0 Å². The molecule has 2 aromatic carbocycles. The fourth-order valence-corrected chi connectivity index (χ4v) is 2.85. The number of carbonyl (C=O) groups excluding carboxylic acids is 3. The lowest BCUT2D eigenvalue weighted by Gasteiger charge is -2.24. The highest BCUT2D eigenvalue weighted by Gasteiger charge is 2.25. The van der Waals surface area contributed by atoms with E-state index in [0.717, 1.165) is 18.2 Å². The van der Waals surface area contributed by atoms with E-state index in [4.69, 9.17) is 9.94 Å². The molecular weight excluding hydrogens is 407 g/mol. The Labute approximate surface area is 178 Å². The largest absolute Gasteiger partial charge is 0.505 e. The van der Waals surface area contributed by atoms with Crippen LogP contribution in [0.2, 0.25) is 0 Å². The number of halogens is 1. The monoisotopic (exact) mass is 430 g/mol. The molecular formula is C22H23FN2O6. The number of rotatable bonds is 8. The summed E-state index contributed by atoms with van der Waals surface area (Å²) in [6.45, 7) is 1.75. The Morgan fingerprint density at radius 1 is 1.16 bits per heavy atom. The fourth-order valence-electron chi connectivity index (χ4n) is 2.85. The molecule has 4 N–H and O–H groups in total. The number of allylic oxidation sites excluding steroid dienone is 1. The van der Waals surface area contributed by atoms with Crippen molar-refractivity contribution in [1.82, 2.24) is 10.8 Å². The molecule has 0 aliphatic rings. The predicted molar refractivity (Wildman–Crippen MR) is 109 cm³/mol. The van der Waals surface area contributed by atoms with Crippen molar-refractivity contribution in [2.24, 2.45) is 5.92 Å². The van der Waals surface area contributed by atoms with E-state index in [0.29, 0.717) is 18.4 Å². The normalized spacial score (nSPS) is 12.7. The third kappa shape index (κ3) is 7.23. The van der Waals surface area contributed by atoms with Gasteiger partial charge in [0.05, 0.1) is 0 Å². The van der Waals surface area contributed by atoms with Gasteiger partial charge in [-0.3, -0.25) is 20.1 Å². The summed E-state index contributed by atoms with van der Waals surface area (Å²) in [4.78, 5) is 35.5. The Hall–Kier alpha value is -3.72. The minimum absolute atomic E-state index is 0.270. The van der Waals surface area contributed by atoms with Gasteiger partial charge < -0.3 is 9.84 Å². The summed E-state index contributed by atoms with van der Waals surface area (Å²) in [6, 6.07) is 11.7. The van der Waals surface area contributed by atoms with E-state index in [2.05, 4.69) is 5.32 Å². The summed E-state index contributed by atoms with van der Waals surface area (Å²) in [6.07, 6.45) is 1.57. The van der Waals surface area contributed by atoms with E-state index in [1.807, 2.05) is 0 Å². The molecule has 3 amide bonds. The molecule has 31 heavy (non-hydrogen) atoms. The highest BCUT2D eigenvalue weighted by Crippen LogP contribution is 2.31. The predicted octanol–water partition coefficient (Wildman–Crippen LogP) is 3.62. The van der Waals surface area contributed by atoms with Gasteiger partial charge in [0.15, 0.2) is 11.6 Å². The Bertz CT molecular complexity index is 948. The summed E-state index contributed by atoms with van der Waals surface area (Å²) in [5.41, 5.74) is 2.03. The second-order valence-corrected chi connectivity index (χ2v) is 6.79. The zero-order valence-corrected chi connectivity index (χ0v) is 16.7. The third-order valence-corrected chi connectivity index (χ3v) is 4.47. The molecule has 0 radical (unpaired) electrons. The zero-order chi connectivity index (χ0) is 22.8. The van der Waals surface area contributed by atoms with Crippen LogP contribution < -0.4 is 10.8 Å². The van der Waals surface area contributed by atoms with Crippen LogP contribution in [0.5, 0.6) is 5.75 Å². The van der Waals surface area contributed by atoms with Crippen LogP contribution in [0.1, 0.15) is 41.8 Å². The van der Waals surface area contributed by atoms with Crippen LogP contribution in [0.15, 0.2) is 60.7 Å². The number of hydroxylamine groups is 1. The number of hydrogen-bond acceptors (Lipinski definition) is 6. The van der Waals surface area contributed by atoms with Gasteiger partial charge >= 0.3 is 6.09 Å². The van der Waals surface area contributed by atoms with Crippen molar-refractivity contribution < 1.29 is 33.8 Å². The molecule has 0 aliphatic carbocycles. The van der Waals surface area contributed by atoms with E-state index in [1.54, 1.807) is 25.1 Å². The van der Waals surface area contributed by atoms with Crippen molar-refractivity contribution in [1.29, 1.82) is 0 Å². The fraction of sp³-hybridized carbons (Fsp3) is 0.227. The lowest BCUT2D eigenvalue weighted by molar-refractivity contribution is -0.124.